The highest BCUT2D eigenvalue weighted by molar-refractivity contribution is 4.99. The van der Waals surface area contributed by atoms with Crippen LogP contribution < -0.4 is 5.32 Å². The average Bonchev–Trinajstić information content (AvgIpc) is 2.68. The van der Waals surface area contributed by atoms with Crippen molar-refractivity contribution in [3.63, 3.8) is 0 Å². The van der Waals surface area contributed by atoms with Crippen molar-refractivity contribution in [3.8, 4) is 0 Å². The molecule has 2 heteroatoms. The van der Waals surface area contributed by atoms with Crippen LogP contribution in [0.1, 0.15) is 33.1 Å². The van der Waals surface area contributed by atoms with Crippen LogP contribution in [0.2, 0.25) is 0 Å². The van der Waals surface area contributed by atoms with Gasteiger partial charge in [0.2, 0.25) is 0 Å². The fraction of sp³-hybridized carbons (Fsp3) is 1.00. The molecule has 0 aromatic rings. The summed E-state index contributed by atoms with van der Waals surface area (Å²) in [5.41, 5.74) is 0.536. The van der Waals surface area contributed by atoms with Gasteiger partial charge in [0.1, 0.15) is 0 Å². The van der Waals surface area contributed by atoms with Gasteiger partial charge in [0.15, 0.2) is 0 Å². The zero-order chi connectivity index (χ0) is 9.03. The molecule has 0 saturated carbocycles. The summed E-state index contributed by atoms with van der Waals surface area (Å²) < 4.78 is 0. The third kappa shape index (κ3) is 1.99. The average molecular weight is 170 g/mol. The zero-order valence-electron chi connectivity index (χ0n) is 8.69. The van der Waals surface area contributed by atoms with Gasteiger partial charge >= 0.3 is 0 Å². The third-order valence-corrected chi connectivity index (χ3v) is 2.88. The van der Waals surface area contributed by atoms with E-state index in [2.05, 4.69) is 17.3 Å². The van der Waals surface area contributed by atoms with Crippen molar-refractivity contribution in [1.29, 1.82) is 0 Å². The van der Waals surface area contributed by atoms with Crippen LogP contribution in [0.4, 0.5) is 0 Å². The summed E-state index contributed by atoms with van der Waals surface area (Å²) in [5.74, 6) is 0. The zero-order valence-corrected chi connectivity index (χ0v) is 8.69. The predicted octanol–water partition coefficient (Wildman–Crippen LogP) is 1.47. The molecule has 72 valence electrons. The topological polar surface area (TPSA) is 15.3 Å². The van der Waals surface area contributed by atoms with Crippen LogP contribution in [0.3, 0.4) is 0 Å². The van der Waals surface area contributed by atoms with Gasteiger partial charge in [-0.1, -0.05) is 13.8 Å². The Morgan fingerprint density at radius 1 is 1.25 bits per heavy atom. The van der Waals surface area contributed by atoms with Gasteiger partial charge in [-0.25, -0.2) is 0 Å². The highest BCUT2D eigenvalue weighted by Crippen LogP contribution is 2.28. The molecule has 1 atom stereocenters. The summed E-state index contributed by atoms with van der Waals surface area (Å²) >= 11 is 0. The van der Waals surface area contributed by atoms with E-state index in [-0.39, 0.29) is 0 Å². The van der Waals surface area contributed by atoms with Crippen LogP contribution in [-0.4, -0.2) is 37.1 Å². The van der Waals surface area contributed by atoms with Gasteiger partial charge < -0.3 is 10.2 Å². The molecule has 2 aliphatic heterocycles. The normalized spacial score (nSPS) is 35.2. The number of hydrogen-bond donors (Lipinski definition) is 1. The maximum Gasteiger partial charge on any atom is 0.0321 e. The van der Waals surface area contributed by atoms with E-state index in [0.29, 0.717) is 5.54 Å². The first-order valence-corrected chi connectivity index (χ1v) is 5.24. The van der Waals surface area contributed by atoms with E-state index in [1.165, 1.54) is 38.9 Å². The van der Waals surface area contributed by atoms with E-state index in [1.54, 1.807) is 0 Å². The van der Waals surface area contributed by atoms with Gasteiger partial charge in [-0.2, -0.15) is 0 Å². The lowest BCUT2D eigenvalue weighted by molar-refractivity contribution is 0.344. The molecule has 0 amide bonds. The van der Waals surface area contributed by atoms with Crippen molar-refractivity contribution in [2.24, 2.45) is 0 Å². The Balaban J connectivity index is 0.000000336. The first-order valence-electron chi connectivity index (χ1n) is 5.24. The molecule has 2 nitrogen and oxygen atoms in total. The molecule has 2 rings (SSSR count). The molecule has 2 fully saturated rings. The largest absolute Gasteiger partial charge is 0.310 e. The lowest BCUT2D eigenvalue weighted by atomic mass is 9.97. The lowest BCUT2D eigenvalue weighted by Gasteiger charge is -2.22. The van der Waals surface area contributed by atoms with Crippen molar-refractivity contribution in [2.75, 3.05) is 26.7 Å². The Morgan fingerprint density at radius 3 is 2.42 bits per heavy atom. The number of nitrogens with zero attached hydrogens (tertiary/aromatic N) is 1. The number of nitrogens with one attached hydrogen (secondary N) is 1. The molecule has 0 bridgehead atoms. The molecule has 2 aliphatic rings. The molecule has 0 radical (unpaired) electrons. The Labute approximate surface area is 76.3 Å². The molecule has 2 saturated heterocycles. The third-order valence-electron chi connectivity index (χ3n) is 2.88. The molecular formula is C10H22N2. The SMILES string of the molecule is CC.CN1CCC2(CCCN2)C1. The maximum atomic E-state index is 3.62. The predicted molar refractivity (Wildman–Crippen MR) is 53.4 cm³/mol. The quantitative estimate of drug-likeness (QED) is 0.592. The summed E-state index contributed by atoms with van der Waals surface area (Å²) in [5, 5.41) is 3.62. The van der Waals surface area contributed by atoms with Gasteiger partial charge in [-0.3, -0.25) is 0 Å². The van der Waals surface area contributed by atoms with E-state index < -0.39 is 0 Å². The minimum absolute atomic E-state index is 0.536. The van der Waals surface area contributed by atoms with Gasteiger partial charge in [-0.15, -0.1) is 0 Å². The summed E-state index contributed by atoms with van der Waals surface area (Å²) in [4.78, 5) is 2.43. The van der Waals surface area contributed by atoms with E-state index >= 15 is 0 Å². The van der Waals surface area contributed by atoms with Crippen LogP contribution in [0.25, 0.3) is 0 Å². The second-order valence-electron chi connectivity index (χ2n) is 3.80. The van der Waals surface area contributed by atoms with Gasteiger partial charge in [0, 0.05) is 12.1 Å². The smallest absolute Gasteiger partial charge is 0.0321 e. The maximum absolute atomic E-state index is 3.62. The summed E-state index contributed by atoms with van der Waals surface area (Å²) in [6.07, 6.45) is 4.15. The number of likely N-dealkylation sites (tertiary alicyclic amines) is 1. The first kappa shape index (κ1) is 10.0. The number of likely N-dealkylation sites (N-methyl/N-ethyl adjacent to an activating group) is 1. The van der Waals surface area contributed by atoms with Gasteiger partial charge in [0.05, 0.1) is 0 Å². The van der Waals surface area contributed by atoms with E-state index in [0.717, 1.165) is 0 Å². The minimum Gasteiger partial charge on any atom is -0.310 e. The lowest BCUT2D eigenvalue weighted by Crippen LogP contribution is -2.41. The summed E-state index contributed by atoms with van der Waals surface area (Å²) in [6, 6.07) is 0. The highest BCUT2D eigenvalue weighted by Gasteiger charge is 2.38. The molecule has 1 unspecified atom stereocenters. The van der Waals surface area contributed by atoms with Crippen LogP contribution in [0.15, 0.2) is 0 Å². The molecule has 0 aromatic heterocycles. The van der Waals surface area contributed by atoms with Crippen molar-refractivity contribution in [2.45, 2.75) is 38.6 Å². The molecule has 2 heterocycles. The Hall–Kier alpha value is -0.0800. The Morgan fingerprint density at radius 2 is 2.00 bits per heavy atom. The Bertz CT molecular complexity index is 128. The monoisotopic (exact) mass is 170 g/mol. The van der Waals surface area contributed by atoms with E-state index in [1.807, 2.05) is 13.8 Å². The molecule has 1 spiro atoms. The number of hydrogen-bond acceptors (Lipinski definition) is 2. The molecule has 1 N–H and O–H groups in total. The first-order chi connectivity index (χ1) is 5.81. The summed E-state index contributed by atoms with van der Waals surface area (Å²) in [6.45, 7) is 7.80. The fourth-order valence-electron chi connectivity index (χ4n) is 2.30. The second-order valence-corrected chi connectivity index (χ2v) is 3.80. The Kier molecular flexibility index (Phi) is 3.53. The molecule has 0 aromatic carbocycles. The highest BCUT2D eigenvalue weighted by atomic mass is 15.2. The molecular weight excluding hydrogens is 148 g/mol. The summed E-state index contributed by atoms with van der Waals surface area (Å²) in [7, 11) is 2.22. The van der Waals surface area contributed by atoms with E-state index in [9.17, 15) is 0 Å². The molecule has 0 aliphatic carbocycles. The van der Waals surface area contributed by atoms with E-state index in [4.69, 9.17) is 0 Å². The van der Waals surface area contributed by atoms with Gasteiger partial charge in [-0.05, 0) is 39.4 Å². The number of rotatable bonds is 0. The van der Waals surface area contributed by atoms with Crippen molar-refractivity contribution < 1.29 is 0 Å². The van der Waals surface area contributed by atoms with Crippen LogP contribution in [0.5, 0.6) is 0 Å². The van der Waals surface area contributed by atoms with Crippen LogP contribution in [0, 0.1) is 0 Å². The van der Waals surface area contributed by atoms with Crippen molar-refractivity contribution in [3.05, 3.63) is 0 Å². The standard InChI is InChI=1S/C8H16N2.C2H6/c1-10-6-4-8(7-10)3-2-5-9-8;1-2/h9H,2-7H2,1H3;1-2H3. The van der Waals surface area contributed by atoms with Crippen molar-refractivity contribution in [1.82, 2.24) is 10.2 Å². The second kappa shape index (κ2) is 4.24. The van der Waals surface area contributed by atoms with Crippen LogP contribution >= 0.6 is 0 Å². The van der Waals surface area contributed by atoms with Crippen LogP contribution in [-0.2, 0) is 0 Å². The fourth-order valence-corrected chi connectivity index (χ4v) is 2.30. The molecule has 12 heavy (non-hydrogen) atoms. The van der Waals surface area contributed by atoms with Gasteiger partial charge in [0.25, 0.3) is 0 Å². The van der Waals surface area contributed by atoms with Crippen molar-refractivity contribution >= 4 is 0 Å². The minimum atomic E-state index is 0.536.